The lowest BCUT2D eigenvalue weighted by Crippen LogP contribution is -2.33. The van der Waals surface area contributed by atoms with Gasteiger partial charge in [-0.3, -0.25) is 10.1 Å². The van der Waals surface area contributed by atoms with Gasteiger partial charge in [-0.1, -0.05) is 0 Å². The van der Waals surface area contributed by atoms with E-state index in [2.05, 4.69) is 25.1 Å². The summed E-state index contributed by atoms with van der Waals surface area (Å²) in [6.07, 6.45) is 5.65. The van der Waals surface area contributed by atoms with E-state index in [1.165, 1.54) is 0 Å². The first-order valence-electron chi connectivity index (χ1n) is 8.51. The van der Waals surface area contributed by atoms with Gasteiger partial charge in [-0.05, 0) is 31.9 Å². The number of anilines is 2. The molecule has 3 aromatic rings. The molecular weight excluding hydrogens is 314 g/mol. The fourth-order valence-electron chi connectivity index (χ4n) is 3.32. The second kappa shape index (κ2) is 6.51. The van der Waals surface area contributed by atoms with Gasteiger partial charge in [-0.2, -0.15) is 5.10 Å². The quantitative estimate of drug-likeness (QED) is 0.763. The van der Waals surface area contributed by atoms with Gasteiger partial charge in [0, 0.05) is 60.5 Å². The monoisotopic (exact) mass is 335 g/mol. The zero-order valence-electron chi connectivity index (χ0n) is 14.2. The summed E-state index contributed by atoms with van der Waals surface area (Å²) < 4.78 is 0. The van der Waals surface area contributed by atoms with E-state index in [-0.39, 0.29) is 0 Å². The van der Waals surface area contributed by atoms with Crippen molar-refractivity contribution in [1.82, 2.24) is 25.1 Å². The van der Waals surface area contributed by atoms with Crippen LogP contribution in [0.15, 0.2) is 36.7 Å². The van der Waals surface area contributed by atoms with Crippen molar-refractivity contribution >= 4 is 11.6 Å². The summed E-state index contributed by atoms with van der Waals surface area (Å²) in [5.74, 6) is 2.74. The number of piperidine rings is 1. The van der Waals surface area contributed by atoms with Gasteiger partial charge < -0.3 is 10.6 Å². The van der Waals surface area contributed by atoms with Crippen LogP contribution in [0.25, 0.3) is 11.4 Å². The van der Waals surface area contributed by atoms with Gasteiger partial charge in [-0.25, -0.2) is 9.97 Å². The number of nitrogen functional groups attached to an aromatic ring is 1. The highest BCUT2D eigenvalue weighted by Gasteiger charge is 2.23. The molecular formula is C18H21N7. The van der Waals surface area contributed by atoms with Crippen LogP contribution in [-0.4, -0.2) is 38.2 Å². The zero-order chi connectivity index (χ0) is 17.2. The molecule has 0 unspecified atom stereocenters. The minimum Gasteiger partial charge on any atom is -0.382 e. The fourth-order valence-corrected chi connectivity index (χ4v) is 3.32. The van der Waals surface area contributed by atoms with Crippen molar-refractivity contribution in [2.45, 2.75) is 25.7 Å². The van der Waals surface area contributed by atoms with Crippen LogP contribution in [-0.2, 0) is 0 Å². The van der Waals surface area contributed by atoms with Crippen LogP contribution < -0.4 is 10.6 Å². The van der Waals surface area contributed by atoms with Crippen LogP contribution in [0.3, 0.4) is 0 Å². The number of H-pyrrole nitrogens is 1. The summed E-state index contributed by atoms with van der Waals surface area (Å²) in [5.41, 5.74) is 8.75. The Bertz CT molecular complexity index is 851. The molecule has 3 aromatic heterocycles. The lowest BCUT2D eigenvalue weighted by molar-refractivity contribution is 0.493. The number of rotatable bonds is 3. The number of hydrogen-bond donors (Lipinski definition) is 2. The Balaban J connectivity index is 1.52. The molecule has 25 heavy (non-hydrogen) atoms. The fraction of sp³-hybridized carbons (Fsp3) is 0.333. The van der Waals surface area contributed by atoms with Crippen LogP contribution in [0.1, 0.15) is 30.1 Å². The first-order chi connectivity index (χ1) is 12.2. The van der Waals surface area contributed by atoms with Crippen LogP contribution in [0.5, 0.6) is 0 Å². The van der Waals surface area contributed by atoms with E-state index in [4.69, 9.17) is 10.7 Å². The maximum absolute atomic E-state index is 5.72. The largest absolute Gasteiger partial charge is 0.382 e. The Hall–Kier alpha value is -2.96. The average molecular weight is 335 g/mol. The molecule has 1 saturated heterocycles. The van der Waals surface area contributed by atoms with E-state index in [1.54, 1.807) is 12.4 Å². The van der Waals surface area contributed by atoms with Gasteiger partial charge in [0.2, 0.25) is 0 Å². The number of aromatic amines is 1. The van der Waals surface area contributed by atoms with E-state index in [0.29, 0.717) is 11.7 Å². The third-order valence-corrected chi connectivity index (χ3v) is 4.64. The van der Waals surface area contributed by atoms with Crippen molar-refractivity contribution in [1.29, 1.82) is 0 Å². The highest BCUT2D eigenvalue weighted by atomic mass is 15.2. The number of hydrogen-bond acceptors (Lipinski definition) is 6. The van der Waals surface area contributed by atoms with Gasteiger partial charge in [0.05, 0.1) is 0 Å². The Morgan fingerprint density at radius 1 is 1.20 bits per heavy atom. The predicted octanol–water partition coefficient (Wildman–Crippen LogP) is 2.54. The maximum Gasteiger partial charge on any atom is 0.163 e. The molecule has 0 radical (unpaired) electrons. The summed E-state index contributed by atoms with van der Waals surface area (Å²) in [5, 5.41) is 7.08. The zero-order valence-corrected chi connectivity index (χ0v) is 14.2. The first kappa shape index (κ1) is 15.6. The summed E-state index contributed by atoms with van der Waals surface area (Å²) >= 11 is 0. The molecule has 4 heterocycles. The predicted molar refractivity (Wildman–Crippen MR) is 97.2 cm³/mol. The van der Waals surface area contributed by atoms with Crippen LogP contribution in [0.2, 0.25) is 0 Å². The lowest BCUT2D eigenvalue weighted by atomic mass is 9.93. The van der Waals surface area contributed by atoms with Crippen molar-refractivity contribution in [3.05, 3.63) is 48.0 Å². The van der Waals surface area contributed by atoms with E-state index in [9.17, 15) is 0 Å². The normalized spacial score (nSPS) is 15.5. The van der Waals surface area contributed by atoms with Crippen LogP contribution in [0.4, 0.5) is 11.6 Å². The second-order valence-corrected chi connectivity index (χ2v) is 6.44. The topological polar surface area (TPSA) is 96.6 Å². The van der Waals surface area contributed by atoms with Crippen LogP contribution in [0, 0.1) is 6.92 Å². The van der Waals surface area contributed by atoms with Crippen molar-refractivity contribution in [2.24, 2.45) is 0 Å². The third kappa shape index (κ3) is 3.31. The molecule has 128 valence electrons. The highest BCUT2D eigenvalue weighted by molar-refractivity contribution is 5.56. The Morgan fingerprint density at radius 3 is 2.72 bits per heavy atom. The highest BCUT2D eigenvalue weighted by Crippen LogP contribution is 2.30. The number of aromatic nitrogens is 5. The van der Waals surface area contributed by atoms with Gasteiger partial charge in [-0.15, -0.1) is 0 Å². The van der Waals surface area contributed by atoms with E-state index in [0.717, 1.165) is 54.5 Å². The third-order valence-electron chi connectivity index (χ3n) is 4.64. The van der Waals surface area contributed by atoms with E-state index < -0.39 is 0 Å². The number of nitrogens with one attached hydrogen (secondary N) is 1. The first-order valence-corrected chi connectivity index (χ1v) is 8.51. The molecule has 0 spiro atoms. The molecule has 0 aromatic carbocycles. The van der Waals surface area contributed by atoms with Crippen molar-refractivity contribution < 1.29 is 0 Å². The van der Waals surface area contributed by atoms with Crippen molar-refractivity contribution in [3.8, 4) is 11.4 Å². The second-order valence-electron chi connectivity index (χ2n) is 6.44. The molecule has 3 N–H and O–H groups in total. The average Bonchev–Trinajstić information content (AvgIpc) is 3.08. The Kier molecular flexibility index (Phi) is 4.05. The molecule has 7 nitrogen and oxygen atoms in total. The Labute approximate surface area is 146 Å². The number of pyridine rings is 1. The minimum atomic E-state index is 0.474. The van der Waals surface area contributed by atoms with Gasteiger partial charge in [0.15, 0.2) is 5.82 Å². The SMILES string of the molecule is Cc1cc(N2CCC(c3cc(N)n[nH]3)CC2)nc(-c2cccnc2)n1. The molecule has 1 aliphatic rings. The molecule has 1 aliphatic heterocycles. The van der Waals surface area contributed by atoms with E-state index >= 15 is 0 Å². The number of nitrogens with two attached hydrogens (primary N) is 1. The number of aryl methyl sites for hydroxylation is 1. The molecule has 0 aliphatic carbocycles. The standard InChI is InChI=1S/C18H21N7/c1-12-9-17(22-18(21-12)14-3-2-6-20-11-14)25-7-4-13(5-8-25)15-10-16(19)24-23-15/h2-3,6,9-11,13H,4-5,7-8H2,1H3,(H3,19,23,24). The lowest BCUT2D eigenvalue weighted by Gasteiger charge is -2.32. The summed E-state index contributed by atoms with van der Waals surface area (Å²) in [4.78, 5) is 15.8. The van der Waals surface area contributed by atoms with Gasteiger partial charge in [0.1, 0.15) is 11.6 Å². The van der Waals surface area contributed by atoms with Gasteiger partial charge in [0.25, 0.3) is 0 Å². The van der Waals surface area contributed by atoms with E-state index in [1.807, 2.05) is 31.2 Å². The summed E-state index contributed by atoms with van der Waals surface area (Å²) in [6, 6.07) is 7.88. The molecule has 0 bridgehead atoms. The minimum absolute atomic E-state index is 0.474. The van der Waals surface area contributed by atoms with Crippen LogP contribution >= 0.6 is 0 Å². The number of nitrogens with zero attached hydrogens (tertiary/aromatic N) is 5. The smallest absolute Gasteiger partial charge is 0.163 e. The van der Waals surface area contributed by atoms with Crippen molar-refractivity contribution in [2.75, 3.05) is 23.7 Å². The molecule has 1 fully saturated rings. The molecule has 4 rings (SSSR count). The summed E-state index contributed by atoms with van der Waals surface area (Å²) in [7, 11) is 0. The molecule has 0 atom stereocenters. The molecule has 0 saturated carbocycles. The molecule has 7 heteroatoms. The summed E-state index contributed by atoms with van der Waals surface area (Å²) in [6.45, 7) is 3.91. The maximum atomic E-state index is 5.72. The van der Waals surface area contributed by atoms with Crippen molar-refractivity contribution in [3.63, 3.8) is 0 Å². The Morgan fingerprint density at radius 2 is 2.04 bits per heavy atom. The van der Waals surface area contributed by atoms with Gasteiger partial charge >= 0.3 is 0 Å². The molecule has 0 amide bonds.